The number of anilines is 1. The fourth-order valence-corrected chi connectivity index (χ4v) is 2.96. The van der Waals surface area contributed by atoms with E-state index in [1.54, 1.807) is 18.3 Å². The van der Waals surface area contributed by atoms with Gasteiger partial charge >= 0.3 is 6.61 Å². The van der Waals surface area contributed by atoms with Crippen molar-refractivity contribution in [3.8, 4) is 5.75 Å². The lowest BCUT2D eigenvalue weighted by Gasteiger charge is -2.27. The van der Waals surface area contributed by atoms with Crippen molar-refractivity contribution in [2.45, 2.75) is 45.8 Å². The minimum atomic E-state index is -2.80. The molecule has 1 aromatic heterocycles. The topological polar surface area (TPSA) is 47.0 Å². The minimum Gasteiger partial charge on any atom is -0.435 e. The Balaban J connectivity index is 1.85. The Morgan fingerprint density at radius 3 is 2.91 bits per heavy atom. The first-order chi connectivity index (χ1) is 11.0. The molecule has 23 heavy (non-hydrogen) atoms. The SMILES string of the molecule is Cc1cnc(C)c(NC2CCCc3cc(OC(F)F)ccc32)n1. The first kappa shape index (κ1) is 15.6. The number of nitrogens with one attached hydrogen (secondary N) is 1. The first-order valence-corrected chi connectivity index (χ1v) is 7.67. The Hall–Kier alpha value is -2.24. The summed E-state index contributed by atoms with van der Waals surface area (Å²) in [5.74, 6) is 0.988. The van der Waals surface area contributed by atoms with E-state index >= 15 is 0 Å². The second-order valence-corrected chi connectivity index (χ2v) is 5.77. The third kappa shape index (κ3) is 3.57. The smallest absolute Gasteiger partial charge is 0.387 e. The third-order valence-corrected chi connectivity index (χ3v) is 4.04. The maximum Gasteiger partial charge on any atom is 0.387 e. The van der Waals surface area contributed by atoms with E-state index in [1.807, 2.05) is 19.9 Å². The number of hydrogen-bond donors (Lipinski definition) is 1. The van der Waals surface area contributed by atoms with Gasteiger partial charge in [-0.1, -0.05) is 6.07 Å². The van der Waals surface area contributed by atoms with Gasteiger partial charge in [0.25, 0.3) is 0 Å². The second-order valence-electron chi connectivity index (χ2n) is 5.77. The maximum atomic E-state index is 12.3. The molecule has 0 saturated carbocycles. The molecule has 0 radical (unpaired) electrons. The molecule has 0 aliphatic heterocycles. The molecule has 6 heteroatoms. The lowest BCUT2D eigenvalue weighted by molar-refractivity contribution is -0.0499. The molecular weight excluding hydrogens is 300 g/mol. The number of halogens is 2. The van der Waals surface area contributed by atoms with Crippen LogP contribution in [0.5, 0.6) is 5.75 Å². The van der Waals surface area contributed by atoms with Crippen LogP contribution in [0.2, 0.25) is 0 Å². The zero-order valence-corrected chi connectivity index (χ0v) is 13.1. The Bertz CT molecular complexity index is 706. The van der Waals surface area contributed by atoms with Crippen molar-refractivity contribution in [3.63, 3.8) is 0 Å². The first-order valence-electron chi connectivity index (χ1n) is 7.67. The highest BCUT2D eigenvalue weighted by atomic mass is 19.3. The fraction of sp³-hybridized carbons (Fsp3) is 0.412. The summed E-state index contributed by atoms with van der Waals surface area (Å²) in [5, 5.41) is 3.44. The summed E-state index contributed by atoms with van der Waals surface area (Å²) in [4.78, 5) is 8.82. The van der Waals surface area contributed by atoms with E-state index in [2.05, 4.69) is 20.0 Å². The van der Waals surface area contributed by atoms with Gasteiger partial charge < -0.3 is 10.1 Å². The molecule has 4 nitrogen and oxygen atoms in total. The normalized spacial score (nSPS) is 17.0. The third-order valence-electron chi connectivity index (χ3n) is 4.04. The summed E-state index contributed by atoms with van der Waals surface area (Å²) >= 11 is 0. The van der Waals surface area contributed by atoms with E-state index in [1.165, 1.54) is 0 Å². The number of aryl methyl sites for hydroxylation is 3. The lowest BCUT2D eigenvalue weighted by Crippen LogP contribution is -2.19. The van der Waals surface area contributed by atoms with E-state index in [0.29, 0.717) is 0 Å². The molecule has 1 aliphatic carbocycles. The van der Waals surface area contributed by atoms with Gasteiger partial charge in [-0.3, -0.25) is 4.98 Å². The van der Waals surface area contributed by atoms with Gasteiger partial charge in [0.05, 0.1) is 17.4 Å². The van der Waals surface area contributed by atoms with Gasteiger partial charge in [-0.2, -0.15) is 8.78 Å². The molecule has 0 saturated heterocycles. The van der Waals surface area contributed by atoms with Gasteiger partial charge in [0.1, 0.15) is 11.6 Å². The standard InChI is InChI=1S/C17H19F2N3O/c1-10-9-20-11(2)16(21-10)22-15-5-3-4-12-8-13(23-17(18)19)6-7-14(12)15/h6-9,15,17H,3-5H2,1-2H3,(H,21,22). The van der Waals surface area contributed by atoms with Crippen LogP contribution in [0.3, 0.4) is 0 Å². The molecule has 0 fully saturated rings. The van der Waals surface area contributed by atoms with Crippen LogP contribution in [0.1, 0.15) is 41.4 Å². The van der Waals surface area contributed by atoms with Gasteiger partial charge in [0.2, 0.25) is 0 Å². The van der Waals surface area contributed by atoms with Gasteiger partial charge in [-0.15, -0.1) is 0 Å². The molecule has 122 valence electrons. The van der Waals surface area contributed by atoms with Crippen LogP contribution in [-0.2, 0) is 6.42 Å². The van der Waals surface area contributed by atoms with E-state index < -0.39 is 6.61 Å². The predicted molar refractivity (Wildman–Crippen MR) is 83.9 cm³/mol. The zero-order valence-electron chi connectivity index (χ0n) is 13.1. The summed E-state index contributed by atoms with van der Waals surface area (Å²) in [5.41, 5.74) is 3.86. The average molecular weight is 319 g/mol. The van der Waals surface area contributed by atoms with E-state index in [9.17, 15) is 8.78 Å². The number of benzene rings is 1. The fourth-order valence-electron chi connectivity index (χ4n) is 2.96. The highest BCUT2D eigenvalue weighted by molar-refractivity contribution is 5.46. The molecule has 1 aromatic carbocycles. The molecule has 1 N–H and O–H groups in total. The number of ether oxygens (including phenoxy) is 1. The molecule has 1 heterocycles. The largest absolute Gasteiger partial charge is 0.435 e. The highest BCUT2D eigenvalue weighted by Gasteiger charge is 2.22. The number of alkyl halides is 2. The van der Waals surface area contributed by atoms with Crippen LogP contribution in [0.15, 0.2) is 24.4 Å². The average Bonchev–Trinajstić information content (AvgIpc) is 2.50. The lowest BCUT2D eigenvalue weighted by atomic mass is 9.87. The van der Waals surface area contributed by atoms with E-state index in [-0.39, 0.29) is 11.8 Å². The zero-order chi connectivity index (χ0) is 16.4. The Labute approximate surface area is 133 Å². The number of hydrogen-bond acceptors (Lipinski definition) is 4. The van der Waals surface area contributed by atoms with Crippen molar-refractivity contribution in [1.82, 2.24) is 9.97 Å². The number of nitrogens with zero attached hydrogens (tertiary/aromatic N) is 2. The number of fused-ring (bicyclic) bond motifs is 1. The Kier molecular flexibility index (Phi) is 4.41. The molecule has 0 bridgehead atoms. The van der Waals surface area contributed by atoms with Crippen LogP contribution >= 0.6 is 0 Å². The van der Waals surface area contributed by atoms with Crippen LogP contribution in [0.25, 0.3) is 0 Å². The summed E-state index contributed by atoms with van der Waals surface area (Å²) in [7, 11) is 0. The van der Waals surface area contributed by atoms with Crippen LogP contribution in [0, 0.1) is 13.8 Å². The van der Waals surface area contributed by atoms with Gasteiger partial charge in [-0.25, -0.2) is 4.98 Å². The Morgan fingerprint density at radius 2 is 2.13 bits per heavy atom. The van der Waals surface area contributed by atoms with Gasteiger partial charge in [0.15, 0.2) is 0 Å². The van der Waals surface area contributed by atoms with E-state index in [4.69, 9.17) is 0 Å². The van der Waals surface area contributed by atoms with Gasteiger partial charge in [-0.05, 0) is 56.4 Å². The van der Waals surface area contributed by atoms with Gasteiger partial charge in [0, 0.05) is 6.20 Å². The van der Waals surface area contributed by atoms with Crippen LogP contribution in [-0.4, -0.2) is 16.6 Å². The summed E-state index contributed by atoms with van der Waals surface area (Å²) < 4.78 is 29.2. The molecule has 1 unspecified atom stereocenters. The molecule has 1 atom stereocenters. The highest BCUT2D eigenvalue weighted by Crippen LogP contribution is 2.34. The van der Waals surface area contributed by atoms with Crippen molar-refractivity contribution in [1.29, 1.82) is 0 Å². The van der Waals surface area contributed by atoms with Crippen molar-refractivity contribution in [3.05, 3.63) is 46.9 Å². The summed E-state index contributed by atoms with van der Waals surface area (Å²) in [6, 6.07) is 5.28. The van der Waals surface area contributed by atoms with Crippen LogP contribution < -0.4 is 10.1 Å². The minimum absolute atomic E-state index is 0.106. The quantitative estimate of drug-likeness (QED) is 0.918. The van der Waals surface area contributed by atoms with Crippen molar-refractivity contribution >= 4 is 5.82 Å². The monoisotopic (exact) mass is 319 g/mol. The summed E-state index contributed by atoms with van der Waals surface area (Å²) in [6.45, 7) is 1.02. The molecule has 0 spiro atoms. The molecule has 0 amide bonds. The van der Waals surface area contributed by atoms with Crippen LogP contribution in [0.4, 0.5) is 14.6 Å². The molecule has 2 aromatic rings. The molecule has 3 rings (SSSR count). The summed E-state index contributed by atoms with van der Waals surface area (Å²) in [6.07, 6.45) is 4.56. The Morgan fingerprint density at radius 1 is 1.30 bits per heavy atom. The van der Waals surface area contributed by atoms with Crippen molar-refractivity contribution < 1.29 is 13.5 Å². The maximum absolute atomic E-state index is 12.3. The van der Waals surface area contributed by atoms with Crippen molar-refractivity contribution in [2.75, 3.05) is 5.32 Å². The van der Waals surface area contributed by atoms with Crippen molar-refractivity contribution in [2.24, 2.45) is 0 Å². The van der Waals surface area contributed by atoms with E-state index in [0.717, 1.165) is 47.6 Å². The second kappa shape index (κ2) is 6.48. The molecule has 1 aliphatic rings. The number of aromatic nitrogens is 2. The predicted octanol–water partition coefficient (Wildman–Crippen LogP) is 4.18. The number of rotatable bonds is 4. The molecular formula is C17H19F2N3O.